The van der Waals surface area contributed by atoms with Gasteiger partial charge in [-0.3, -0.25) is 15.2 Å². The first kappa shape index (κ1) is 17.8. The lowest BCUT2D eigenvalue weighted by Gasteiger charge is -2.28. The lowest BCUT2D eigenvalue weighted by atomic mass is 10.2. The molecule has 1 aromatic heterocycles. The monoisotopic (exact) mass is 369 g/mol. The number of carbonyl (C=O) groups excluding carboxylic acids is 1. The van der Waals surface area contributed by atoms with Crippen LogP contribution in [0.25, 0.3) is 10.2 Å². The van der Waals surface area contributed by atoms with Crippen molar-refractivity contribution in [3.63, 3.8) is 0 Å². The number of hydrazine groups is 2. The Kier molecular flexibility index (Phi) is 5.04. The highest BCUT2D eigenvalue weighted by Gasteiger charge is 2.23. The molecule has 1 fully saturated rings. The van der Waals surface area contributed by atoms with Gasteiger partial charge in [0, 0.05) is 6.04 Å². The Balaban J connectivity index is 1.92. The van der Waals surface area contributed by atoms with E-state index in [-0.39, 0.29) is 23.1 Å². The van der Waals surface area contributed by atoms with Crippen molar-refractivity contribution in [3.8, 4) is 0 Å². The summed E-state index contributed by atoms with van der Waals surface area (Å²) < 4.78 is 21.7. The zero-order valence-corrected chi connectivity index (χ0v) is 14.8. The van der Waals surface area contributed by atoms with Gasteiger partial charge in [0.15, 0.2) is 0 Å². The van der Waals surface area contributed by atoms with Crippen LogP contribution in [0.4, 0.5) is 14.9 Å². The molecule has 1 aromatic carbocycles. The molecule has 10 heteroatoms. The highest BCUT2D eigenvalue weighted by Crippen LogP contribution is 2.27. The maximum Gasteiger partial charge on any atom is 0.337 e. The van der Waals surface area contributed by atoms with E-state index in [0.29, 0.717) is 30.0 Å². The maximum atomic E-state index is 14.4. The van der Waals surface area contributed by atoms with E-state index in [1.807, 2.05) is 13.8 Å². The highest BCUT2D eigenvalue weighted by molar-refractivity contribution is 7.16. The topological polar surface area (TPSA) is 92.8 Å². The molecule has 0 radical (unpaired) electrons. The van der Waals surface area contributed by atoms with E-state index < -0.39 is 11.8 Å². The average molecular weight is 369 g/mol. The smallest absolute Gasteiger partial charge is 0.337 e. The molecule has 1 saturated heterocycles. The van der Waals surface area contributed by atoms with Gasteiger partial charge in [0.2, 0.25) is 0 Å². The fourth-order valence-electron chi connectivity index (χ4n) is 2.70. The number of nitrogens with two attached hydrogens (primary N) is 1. The molecule has 2 amide bonds. The second-order valence-electron chi connectivity index (χ2n) is 5.96. The summed E-state index contributed by atoms with van der Waals surface area (Å²) in [6.07, 6.45) is 0. The van der Waals surface area contributed by atoms with E-state index in [1.54, 1.807) is 4.57 Å². The minimum Gasteiger partial charge on any atom is -0.378 e. The van der Waals surface area contributed by atoms with E-state index in [2.05, 4.69) is 5.32 Å². The van der Waals surface area contributed by atoms with Crippen molar-refractivity contribution < 1.29 is 13.9 Å². The van der Waals surface area contributed by atoms with E-state index >= 15 is 0 Å². The van der Waals surface area contributed by atoms with Crippen LogP contribution in [-0.4, -0.2) is 47.0 Å². The Morgan fingerprint density at radius 3 is 2.80 bits per heavy atom. The van der Waals surface area contributed by atoms with E-state index in [1.165, 1.54) is 22.3 Å². The molecule has 0 bridgehead atoms. The number of hydrogen-bond donors (Lipinski definition) is 2. The largest absolute Gasteiger partial charge is 0.378 e. The van der Waals surface area contributed by atoms with Crippen LogP contribution in [0.5, 0.6) is 0 Å². The van der Waals surface area contributed by atoms with Gasteiger partial charge in [-0.05, 0) is 26.0 Å². The molecule has 0 spiro atoms. The SMILES string of the molecule is CC(C)n1c(=O)sc2cc(F)c(NC(=O)N3CCOCCN3N)cc21. The van der Waals surface area contributed by atoms with Crippen molar-refractivity contribution in [2.45, 2.75) is 19.9 Å². The molecule has 8 nitrogen and oxygen atoms in total. The molecule has 3 rings (SSSR count). The standard InChI is InChI=1S/C15H20FN5O3S/c1-9(2)21-12-8-11(10(16)7-13(12)25-15(21)23)18-14(22)19-3-5-24-6-4-20(19)17/h7-9H,3-6,17H2,1-2H3,(H,18,22). The minimum atomic E-state index is -0.604. The van der Waals surface area contributed by atoms with Crippen LogP contribution in [0, 0.1) is 5.82 Å². The van der Waals surface area contributed by atoms with Crippen molar-refractivity contribution in [1.29, 1.82) is 0 Å². The first-order valence-electron chi connectivity index (χ1n) is 7.91. The number of nitrogens with zero attached hydrogens (tertiary/aromatic N) is 3. The van der Waals surface area contributed by atoms with Crippen LogP contribution in [0.3, 0.4) is 0 Å². The second kappa shape index (κ2) is 7.08. The molecule has 25 heavy (non-hydrogen) atoms. The van der Waals surface area contributed by atoms with Crippen LogP contribution in [0.2, 0.25) is 0 Å². The number of thiazole rings is 1. The zero-order chi connectivity index (χ0) is 18.1. The molecule has 3 N–H and O–H groups in total. The summed E-state index contributed by atoms with van der Waals surface area (Å²) in [6.45, 7) is 5.13. The first-order valence-corrected chi connectivity index (χ1v) is 8.73. The molecule has 2 aromatic rings. The number of anilines is 1. The Morgan fingerprint density at radius 1 is 1.36 bits per heavy atom. The molecular weight excluding hydrogens is 349 g/mol. The van der Waals surface area contributed by atoms with E-state index in [0.717, 1.165) is 11.3 Å². The minimum absolute atomic E-state index is 0.00302. The predicted molar refractivity (Wildman–Crippen MR) is 93.9 cm³/mol. The molecule has 0 atom stereocenters. The van der Waals surface area contributed by atoms with Gasteiger partial charge in [0.05, 0.1) is 42.2 Å². The normalized spacial score (nSPS) is 16.4. The van der Waals surface area contributed by atoms with Gasteiger partial charge in [-0.1, -0.05) is 11.3 Å². The zero-order valence-electron chi connectivity index (χ0n) is 14.0. The number of ether oxygens (including phenoxy) is 1. The molecule has 0 saturated carbocycles. The summed E-state index contributed by atoms with van der Waals surface area (Å²) in [5, 5.41) is 5.04. The van der Waals surface area contributed by atoms with Crippen molar-refractivity contribution in [1.82, 2.24) is 14.7 Å². The number of rotatable bonds is 2. The molecule has 0 aliphatic carbocycles. The molecule has 1 aliphatic heterocycles. The average Bonchev–Trinajstić information content (AvgIpc) is 2.70. The summed E-state index contributed by atoms with van der Waals surface area (Å²) >= 11 is 0.980. The van der Waals surface area contributed by atoms with Gasteiger partial charge in [-0.25, -0.2) is 14.2 Å². The van der Waals surface area contributed by atoms with Gasteiger partial charge in [-0.2, -0.15) is 5.12 Å². The summed E-state index contributed by atoms with van der Waals surface area (Å²) in [5.41, 5.74) is 0.591. The van der Waals surface area contributed by atoms with Crippen LogP contribution >= 0.6 is 11.3 Å². The van der Waals surface area contributed by atoms with E-state index in [9.17, 15) is 14.0 Å². The molecule has 0 unspecified atom stereocenters. The number of halogens is 1. The Bertz CT molecular complexity index is 850. The third-order valence-electron chi connectivity index (χ3n) is 3.92. The van der Waals surface area contributed by atoms with Gasteiger partial charge >= 0.3 is 10.9 Å². The second-order valence-corrected chi connectivity index (χ2v) is 6.95. The lowest BCUT2D eigenvalue weighted by Crippen LogP contribution is -2.52. The third kappa shape index (κ3) is 3.52. The van der Waals surface area contributed by atoms with Crippen molar-refractivity contribution in [3.05, 3.63) is 27.6 Å². The van der Waals surface area contributed by atoms with Crippen molar-refractivity contribution in [2.24, 2.45) is 5.84 Å². The Labute approximate surface area is 147 Å². The van der Waals surface area contributed by atoms with Crippen molar-refractivity contribution >= 4 is 33.3 Å². The summed E-state index contributed by atoms with van der Waals surface area (Å²) in [4.78, 5) is 24.4. The molecule has 1 aliphatic rings. The maximum absolute atomic E-state index is 14.4. The van der Waals surface area contributed by atoms with Gasteiger partial charge in [0.25, 0.3) is 0 Å². The van der Waals surface area contributed by atoms with Gasteiger partial charge < -0.3 is 10.1 Å². The third-order valence-corrected chi connectivity index (χ3v) is 4.84. The number of aromatic nitrogens is 1. The molecule has 136 valence electrons. The number of hydrogen-bond acceptors (Lipinski definition) is 6. The van der Waals surface area contributed by atoms with Crippen LogP contribution in [0.1, 0.15) is 19.9 Å². The molecular formula is C15H20FN5O3S. The summed E-state index contributed by atoms with van der Waals surface area (Å²) in [6, 6.07) is 2.12. The highest BCUT2D eigenvalue weighted by atomic mass is 32.1. The van der Waals surface area contributed by atoms with E-state index in [4.69, 9.17) is 10.6 Å². The van der Waals surface area contributed by atoms with Crippen LogP contribution in [0.15, 0.2) is 16.9 Å². The van der Waals surface area contributed by atoms with Gasteiger partial charge in [0.1, 0.15) is 5.82 Å². The van der Waals surface area contributed by atoms with Crippen LogP contribution in [-0.2, 0) is 4.74 Å². The number of amides is 2. The summed E-state index contributed by atoms with van der Waals surface area (Å²) in [7, 11) is 0. The lowest BCUT2D eigenvalue weighted by molar-refractivity contribution is 0.0325. The number of fused-ring (bicyclic) bond motifs is 1. The fourth-order valence-corrected chi connectivity index (χ4v) is 3.72. The Hall–Kier alpha value is -2.01. The quantitative estimate of drug-likeness (QED) is 0.787. The van der Waals surface area contributed by atoms with Crippen LogP contribution < -0.4 is 16.0 Å². The fraction of sp³-hybridized carbons (Fsp3) is 0.467. The van der Waals surface area contributed by atoms with Crippen molar-refractivity contribution in [2.75, 3.05) is 31.6 Å². The first-order chi connectivity index (χ1) is 11.9. The Morgan fingerprint density at radius 2 is 2.08 bits per heavy atom. The number of urea groups is 1. The summed E-state index contributed by atoms with van der Waals surface area (Å²) in [5.74, 6) is 5.21. The predicted octanol–water partition coefficient (Wildman–Crippen LogP) is 1.74. The number of carbonyl (C=O) groups is 1. The number of benzene rings is 1. The molecule has 2 heterocycles. The van der Waals surface area contributed by atoms with Gasteiger partial charge in [-0.15, -0.1) is 0 Å². The number of nitrogens with one attached hydrogen (secondary N) is 1.